The number of primary amides is 1. The number of carbonyl (C=O) groups excluding carboxylic acids is 1. The van der Waals surface area contributed by atoms with Crippen molar-refractivity contribution in [3.63, 3.8) is 0 Å². The third-order valence-electron chi connectivity index (χ3n) is 7.20. The molecule has 0 spiro atoms. The van der Waals surface area contributed by atoms with Gasteiger partial charge in [-0.2, -0.15) is 0 Å². The molecule has 5 N–H and O–H groups in total. The van der Waals surface area contributed by atoms with E-state index in [1.165, 1.54) is 0 Å². The van der Waals surface area contributed by atoms with E-state index in [-0.39, 0.29) is 0 Å². The van der Waals surface area contributed by atoms with Crippen molar-refractivity contribution in [2.75, 3.05) is 4.90 Å². The lowest BCUT2D eigenvalue weighted by Gasteiger charge is -2.31. The number of benzene rings is 3. The molecular weight excluding hydrogens is 478 g/mol. The first-order chi connectivity index (χ1) is 18.1. The van der Waals surface area contributed by atoms with Crippen LogP contribution in [0.5, 0.6) is 0 Å². The van der Waals surface area contributed by atoms with E-state index in [0.29, 0.717) is 16.8 Å². The van der Waals surface area contributed by atoms with E-state index in [4.69, 9.17) is 5.73 Å². The Balaban J connectivity index is 1.59. The Labute approximate surface area is 219 Å². The summed E-state index contributed by atoms with van der Waals surface area (Å²) in [7, 11) is 0. The van der Waals surface area contributed by atoms with Crippen molar-refractivity contribution in [2.24, 2.45) is 10.7 Å². The summed E-state index contributed by atoms with van der Waals surface area (Å²) in [6.07, 6.45) is 2.43. The van der Waals surface area contributed by atoms with Crippen molar-refractivity contribution in [2.45, 2.75) is 32.6 Å². The minimum absolute atomic E-state index is 0.369. The molecule has 38 heavy (non-hydrogen) atoms. The fraction of sp³-hybridized carbons (Fsp3) is 0.167. The Kier molecular flexibility index (Phi) is 5.34. The summed E-state index contributed by atoms with van der Waals surface area (Å²) in [5.41, 5.74) is 11.8. The van der Waals surface area contributed by atoms with E-state index in [2.05, 4.69) is 15.0 Å². The number of aliphatic imine (C=N–C) groups is 1. The van der Waals surface area contributed by atoms with Crippen LogP contribution < -0.4 is 10.6 Å². The van der Waals surface area contributed by atoms with E-state index in [1.807, 2.05) is 61.5 Å². The predicted molar refractivity (Wildman–Crippen MR) is 150 cm³/mol. The van der Waals surface area contributed by atoms with Crippen LogP contribution in [-0.2, 0) is 5.60 Å². The third kappa shape index (κ3) is 3.65. The minimum Gasteiger partial charge on any atom is -0.384 e. The van der Waals surface area contributed by atoms with Crippen LogP contribution in [0.4, 0.5) is 11.4 Å². The number of para-hydroxylation sites is 1. The molecule has 1 atom stereocenters. The maximum Gasteiger partial charge on any atom is 0.250 e. The molecule has 5 aromatic rings. The molecule has 0 radical (unpaired) electrons. The number of amides is 1. The van der Waals surface area contributed by atoms with Gasteiger partial charge in [-0.3, -0.25) is 9.78 Å². The second-order valence-corrected chi connectivity index (χ2v) is 10.1. The number of fused-ring (bicyclic) bond motifs is 4. The number of nitrogens with zero attached hydrogens (tertiary/aromatic N) is 3. The number of nitrogens with one attached hydrogen (secondary N) is 1. The molecule has 3 heterocycles. The summed E-state index contributed by atoms with van der Waals surface area (Å²) < 4.78 is 0. The highest BCUT2D eigenvalue weighted by Gasteiger charge is 2.26. The smallest absolute Gasteiger partial charge is 0.250 e. The Bertz CT molecular complexity index is 1780. The molecule has 3 aromatic carbocycles. The van der Waals surface area contributed by atoms with Crippen LogP contribution in [0.2, 0.25) is 0 Å². The fourth-order valence-electron chi connectivity index (χ4n) is 5.22. The first-order valence-corrected chi connectivity index (χ1v) is 12.3. The zero-order chi connectivity index (χ0) is 26.8. The lowest BCUT2D eigenvalue weighted by atomic mass is 9.92. The van der Waals surface area contributed by atoms with Crippen LogP contribution in [0.3, 0.4) is 0 Å². The highest BCUT2D eigenvalue weighted by Crippen LogP contribution is 2.42. The van der Waals surface area contributed by atoms with Crippen LogP contribution in [0.1, 0.15) is 47.3 Å². The number of aliphatic hydroxyl groups is 2. The van der Waals surface area contributed by atoms with E-state index >= 15 is 0 Å². The Hall–Kier alpha value is -4.53. The average molecular weight is 506 g/mol. The van der Waals surface area contributed by atoms with Crippen LogP contribution in [0.25, 0.3) is 32.9 Å². The van der Waals surface area contributed by atoms with Crippen molar-refractivity contribution < 1.29 is 15.0 Å². The van der Waals surface area contributed by atoms with Gasteiger partial charge in [0.25, 0.3) is 5.91 Å². The summed E-state index contributed by atoms with van der Waals surface area (Å²) >= 11 is 0. The number of hydrogen-bond acceptors (Lipinski definition) is 6. The van der Waals surface area contributed by atoms with Crippen LogP contribution in [0, 0.1) is 6.92 Å². The van der Waals surface area contributed by atoms with Crippen molar-refractivity contribution in [1.29, 1.82) is 0 Å². The summed E-state index contributed by atoms with van der Waals surface area (Å²) in [4.78, 5) is 26.4. The van der Waals surface area contributed by atoms with Gasteiger partial charge in [-0.15, -0.1) is 0 Å². The molecule has 0 bridgehead atoms. The molecule has 6 rings (SSSR count). The van der Waals surface area contributed by atoms with Crippen molar-refractivity contribution in [3.05, 3.63) is 89.2 Å². The van der Waals surface area contributed by atoms with E-state index < -0.39 is 17.7 Å². The van der Waals surface area contributed by atoms with Gasteiger partial charge >= 0.3 is 0 Å². The van der Waals surface area contributed by atoms with Gasteiger partial charge in [0.15, 0.2) is 6.23 Å². The van der Waals surface area contributed by atoms with E-state index in [9.17, 15) is 15.0 Å². The number of aromatic nitrogens is 2. The second kappa shape index (κ2) is 8.51. The minimum atomic E-state index is -1.14. The molecule has 0 fully saturated rings. The molecule has 1 unspecified atom stereocenters. The van der Waals surface area contributed by atoms with Crippen LogP contribution in [0.15, 0.2) is 71.9 Å². The molecule has 8 nitrogen and oxygen atoms in total. The van der Waals surface area contributed by atoms with Gasteiger partial charge in [0.05, 0.1) is 40.5 Å². The molecule has 1 amide bonds. The largest absolute Gasteiger partial charge is 0.384 e. The number of hydrogen-bond donors (Lipinski definition) is 4. The van der Waals surface area contributed by atoms with Gasteiger partial charge in [0, 0.05) is 22.0 Å². The van der Waals surface area contributed by atoms with Gasteiger partial charge in [-0.25, -0.2) is 4.99 Å². The fourth-order valence-corrected chi connectivity index (χ4v) is 5.22. The van der Waals surface area contributed by atoms with E-state index in [0.717, 1.165) is 49.9 Å². The number of nitrogens with two attached hydrogens (primary N) is 1. The molecule has 190 valence electrons. The predicted octanol–water partition coefficient (Wildman–Crippen LogP) is 5.19. The summed E-state index contributed by atoms with van der Waals surface area (Å²) in [6, 6.07) is 18.9. The number of carbonyl (C=O) groups is 1. The van der Waals surface area contributed by atoms with Gasteiger partial charge in [-0.1, -0.05) is 36.4 Å². The van der Waals surface area contributed by atoms with Gasteiger partial charge in [-0.05, 0) is 61.7 Å². The molecule has 1 aliphatic heterocycles. The lowest BCUT2D eigenvalue weighted by molar-refractivity contribution is 0.0740. The Morgan fingerprint density at radius 3 is 2.63 bits per heavy atom. The van der Waals surface area contributed by atoms with Crippen molar-refractivity contribution in [3.8, 4) is 11.1 Å². The number of pyridine rings is 1. The molecule has 1 aliphatic rings. The highest BCUT2D eigenvalue weighted by molar-refractivity contribution is 6.20. The van der Waals surface area contributed by atoms with Gasteiger partial charge in [0.2, 0.25) is 0 Å². The van der Waals surface area contributed by atoms with Gasteiger partial charge < -0.3 is 25.8 Å². The van der Waals surface area contributed by atoms with Crippen LogP contribution in [-0.4, -0.2) is 32.4 Å². The summed E-state index contributed by atoms with van der Waals surface area (Å²) in [5.74, 6) is -0.541. The number of aliphatic hydroxyl groups excluding tert-OH is 1. The third-order valence-corrected chi connectivity index (χ3v) is 7.20. The standard InChI is InChI=1S/C30H27N5O3/c1-16-17(8-6-10-24(16)35-15-33-22-9-5-4-7-19(22)29(35)37)18-11-12-20(28(31)36)27-26(18)21-13-25(30(2,3)38)32-14-23(21)34-27/h4-15,29,34,37-38H,1-3H3,(H2,31,36). The maximum atomic E-state index is 12.3. The Morgan fingerprint density at radius 1 is 1.08 bits per heavy atom. The zero-order valence-corrected chi connectivity index (χ0v) is 21.2. The summed E-state index contributed by atoms with van der Waals surface area (Å²) in [5, 5.41) is 23.4. The molecule has 0 aliphatic carbocycles. The first kappa shape index (κ1) is 23.8. The van der Waals surface area contributed by atoms with Crippen molar-refractivity contribution >= 4 is 45.4 Å². The first-order valence-electron chi connectivity index (χ1n) is 12.3. The van der Waals surface area contributed by atoms with Crippen LogP contribution >= 0.6 is 0 Å². The molecule has 8 heteroatoms. The molecule has 0 saturated heterocycles. The van der Waals surface area contributed by atoms with Gasteiger partial charge in [0.1, 0.15) is 5.60 Å². The lowest BCUT2D eigenvalue weighted by Crippen LogP contribution is -2.30. The molecular formula is C30H27N5O3. The topological polar surface area (TPSA) is 128 Å². The monoisotopic (exact) mass is 505 g/mol. The normalized spacial score (nSPS) is 15.3. The average Bonchev–Trinajstić information content (AvgIpc) is 3.27. The molecule has 2 aromatic heterocycles. The number of H-pyrrole nitrogens is 1. The second-order valence-electron chi connectivity index (χ2n) is 10.1. The van der Waals surface area contributed by atoms with Crippen molar-refractivity contribution in [1.82, 2.24) is 9.97 Å². The quantitative estimate of drug-likeness (QED) is 0.267. The number of anilines is 1. The summed E-state index contributed by atoms with van der Waals surface area (Å²) in [6.45, 7) is 5.37. The highest BCUT2D eigenvalue weighted by atomic mass is 16.3. The number of rotatable bonds is 4. The maximum absolute atomic E-state index is 12.3. The number of aromatic amines is 1. The molecule has 0 saturated carbocycles. The zero-order valence-electron chi connectivity index (χ0n) is 21.2. The SMILES string of the molecule is Cc1c(-c2ccc(C(N)=O)c3[nH]c4cnc(C(C)(C)O)cc4c23)cccc1N1C=Nc2ccccc2C1O. The van der Waals surface area contributed by atoms with E-state index in [1.54, 1.807) is 37.3 Å². The Morgan fingerprint density at radius 2 is 1.87 bits per heavy atom.